The van der Waals surface area contributed by atoms with Crippen LogP contribution in [0.5, 0.6) is 11.5 Å². The Morgan fingerprint density at radius 3 is 2.70 bits per heavy atom. The van der Waals surface area contributed by atoms with Crippen LogP contribution in [0, 0.1) is 0 Å². The highest BCUT2D eigenvalue weighted by molar-refractivity contribution is 5.74. The van der Waals surface area contributed by atoms with Gasteiger partial charge in [-0.2, -0.15) is 0 Å². The van der Waals surface area contributed by atoms with Gasteiger partial charge in [-0.05, 0) is 30.5 Å². The number of urea groups is 1. The minimum absolute atomic E-state index is 0.0909. The van der Waals surface area contributed by atoms with Crippen LogP contribution in [-0.4, -0.2) is 25.3 Å². The third kappa shape index (κ3) is 3.15. The van der Waals surface area contributed by atoms with E-state index < -0.39 is 0 Å². The van der Waals surface area contributed by atoms with Gasteiger partial charge < -0.3 is 20.1 Å². The maximum Gasteiger partial charge on any atom is 0.315 e. The molecule has 2 amide bonds. The van der Waals surface area contributed by atoms with Gasteiger partial charge >= 0.3 is 6.03 Å². The second-order valence-electron chi connectivity index (χ2n) is 5.29. The van der Waals surface area contributed by atoms with Crippen LogP contribution in [0.3, 0.4) is 0 Å². The summed E-state index contributed by atoms with van der Waals surface area (Å²) in [6.45, 7) is 1.66. The number of ether oxygens (including phenoxy) is 2. The van der Waals surface area contributed by atoms with Gasteiger partial charge in [-0.25, -0.2) is 4.79 Å². The predicted octanol–water partition coefficient (Wildman–Crippen LogP) is 2.20. The number of carbonyl (C=O) groups excluding carboxylic acids is 1. The summed E-state index contributed by atoms with van der Waals surface area (Å²) in [7, 11) is 0. The minimum atomic E-state index is -0.0909. The van der Waals surface area contributed by atoms with Crippen molar-refractivity contribution in [2.75, 3.05) is 13.2 Å². The molecule has 5 heteroatoms. The molecule has 1 aliphatic heterocycles. The van der Waals surface area contributed by atoms with E-state index in [4.69, 9.17) is 9.47 Å². The molecule has 20 heavy (non-hydrogen) atoms. The fourth-order valence-corrected chi connectivity index (χ4v) is 2.69. The van der Waals surface area contributed by atoms with Crippen LogP contribution in [0.4, 0.5) is 4.79 Å². The Balaban J connectivity index is 1.51. The van der Waals surface area contributed by atoms with E-state index in [1.165, 1.54) is 12.8 Å². The summed E-state index contributed by atoms with van der Waals surface area (Å²) in [4.78, 5) is 11.8. The van der Waals surface area contributed by atoms with Gasteiger partial charge in [0.1, 0.15) is 13.2 Å². The first kappa shape index (κ1) is 13.1. The van der Waals surface area contributed by atoms with Crippen LogP contribution in [-0.2, 0) is 6.54 Å². The van der Waals surface area contributed by atoms with Gasteiger partial charge in [0.15, 0.2) is 11.5 Å². The summed E-state index contributed by atoms with van der Waals surface area (Å²) in [6.07, 6.45) is 4.62. The lowest BCUT2D eigenvalue weighted by Crippen LogP contribution is -2.40. The van der Waals surface area contributed by atoms with Crippen molar-refractivity contribution in [3.8, 4) is 11.5 Å². The van der Waals surface area contributed by atoms with Gasteiger partial charge in [0.2, 0.25) is 0 Å². The smallest absolute Gasteiger partial charge is 0.315 e. The maximum absolute atomic E-state index is 11.8. The van der Waals surface area contributed by atoms with E-state index in [0.29, 0.717) is 25.8 Å². The monoisotopic (exact) mass is 276 g/mol. The van der Waals surface area contributed by atoms with E-state index in [2.05, 4.69) is 10.6 Å². The van der Waals surface area contributed by atoms with Crippen molar-refractivity contribution in [3.63, 3.8) is 0 Å². The molecule has 0 spiro atoms. The van der Waals surface area contributed by atoms with Gasteiger partial charge in [0.05, 0.1) is 0 Å². The Hall–Kier alpha value is -1.91. The zero-order valence-electron chi connectivity index (χ0n) is 11.5. The number of hydrogen-bond acceptors (Lipinski definition) is 3. The lowest BCUT2D eigenvalue weighted by atomic mass is 10.2. The molecule has 1 fully saturated rings. The van der Waals surface area contributed by atoms with Crippen molar-refractivity contribution in [3.05, 3.63) is 23.8 Å². The number of amides is 2. The third-order valence-corrected chi connectivity index (χ3v) is 3.75. The van der Waals surface area contributed by atoms with Crippen LogP contribution < -0.4 is 20.1 Å². The third-order valence-electron chi connectivity index (χ3n) is 3.75. The second-order valence-corrected chi connectivity index (χ2v) is 5.29. The number of rotatable bonds is 3. The molecule has 1 aromatic rings. The highest BCUT2D eigenvalue weighted by Crippen LogP contribution is 2.30. The summed E-state index contributed by atoms with van der Waals surface area (Å²) in [5, 5.41) is 5.89. The average Bonchev–Trinajstić information content (AvgIpc) is 2.98. The largest absolute Gasteiger partial charge is 0.486 e. The molecule has 0 atom stereocenters. The molecule has 0 radical (unpaired) electrons. The zero-order chi connectivity index (χ0) is 13.8. The molecule has 0 bridgehead atoms. The van der Waals surface area contributed by atoms with Gasteiger partial charge in [0, 0.05) is 12.6 Å². The molecule has 3 rings (SSSR count). The van der Waals surface area contributed by atoms with E-state index in [-0.39, 0.29) is 6.03 Å². The van der Waals surface area contributed by atoms with Gasteiger partial charge in [-0.1, -0.05) is 18.9 Å². The van der Waals surface area contributed by atoms with Crippen LogP contribution in [0.2, 0.25) is 0 Å². The molecule has 2 aliphatic rings. The first-order valence-electron chi connectivity index (χ1n) is 7.24. The molecular formula is C15H20N2O3. The fraction of sp³-hybridized carbons (Fsp3) is 0.533. The Morgan fingerprint density at radius 1 is 1.15 bits per heavy atom. The zero-order valence-corrected chi connectivity index (χ0v) is 11.5. The van der Waals surface area contributed by atoms with Gasteiger partial charge in [0.25, 0.3) is 0 Å². The Labute approximate surface area is 118 Å². The van der Waals surface area contributed by atoms with Crippen molar-refractivity contribution in [1.82, 2.24) is 10.6 Å². The first-order valence-corrected chi connectivity index (χ1v) is 7.24. The van der Waals surface area contributed by atoms with Gasteiger partial charge in [-0.3, -0.25) is 0 Å². The highest BCUT2D eigenvalue weighted by atomic mass is 16.6. The second kappa shape index (κ2) is 6.03. The number of hydrogen-bond donors (Lipinski definition) is 2. The van der Waals surface area contributed by atoms with E-state index in [9.17, 15) is 4.79 Å². The predicted molar refractivity (Wildman–Crippen MR) is 75.1 cm³/mol. The van der Waals surface area contributed by atoms with Crippen LogP contribution in [0.1, 0.15) is 31.2 Å². The van der Waals surface area contributed by atoms with E-state index >= 15 is 0 Å². The Morgan fingerprint density at radius 2 is 1.90 bits per heavy atom. The van der Waals surface area contributed by atoms with Crippen LogP contribution in [0.25, 0.3) is 0 Å². The van der Waals surface area contributed by atoms with Crippen molar-refractivity contribution in [2.24, 2.45) is 0 Å². The van der Waals surface area contributed by atoms with E-state index in [1.807, 2.05) is 18.2 Å². The quantitative estimate of drug-likeness (QED) is 0.889. The summed E-state index contributed by atoms with van der Waals surface area (Å²) in [5.74, 6) is 1.53. The lowest BCUT2D eigenvalue weighted by Gasteiger charge is -2.19. The standard InChI is InChI=1S/C15H20N2O3/c18-15(17-12-3-1-2-4-12)16-10-11-5-6-13-14(9-11)20-8-7-19-13/h5-6,9,12H,1-4,7-8,10H2,(H2,16,17,18). The topological polar surface area (TPSA) is 59.6 Å². The van der Waals surface area contributed by atoms with Gasteiger partial charge in [-0.15, -0.1) is 0 Å². The molecule has 2 N–H and O–H groups in total. The average molecular weight is 276 g/mol. The number of carbonyl (C=O) groups is 1. The maximum atomic E-state index is 11.8. The first-order chi connectivity index (χ1) is 9.81. The molecule has 1 heterocycles. The molecule has 0 unspecified atom stereocenters. The van der Waals surface area contributed by atoms with Crippen LogP contribution in [0.15, 0.2) is 18.2 Å². The number of nitrogens with one attached hydrogen (secondary N) is 2. The Kier molecular flexibility index (Phi) is 3.95. The summed E-state index contributed by atoms with van der Waals surface area (Å²) < 4.78 is 11.0. The highest BCUT2D eigenvalue weighted by Gasteiger charge is 2.17. The molecule has 0 aromatic heterocycles. The van der Waals surface area contributed by atoms with E-state index in [0.717, 1.165) is 29.9 Å². The number of benzene rings is 1. The number of fused-ring (bicyclic) bond motifs is 1. The van der Waals surface area contributed by atoms with Crippen LogP contribution >= 0.6 is 0 Å². The molecule has 1 aromatic carbocycles. The Bertz CT molecular complexity index is 484. The van der Waals surface area contributed by atoms with E-state index in [1.54, 1.807) is 0 Å². The normalized spacial score (nSPS) is 17.8. The summed E-state index contributed by atoms with van der Waals surface area (Å²) >= 11 is 0. The molecular weight excluding hydrogens is 256 g/mol. The summed E-state index contributed by atoms with van der Waals surface area (Å²) in [5.41, 5.74) is 1.01. The molecule has 108 valence electrons. The minimum Gasteiger partial charge on any atom is -0.486 e. The van der Waals surface area contributed by atoms with Crippen molar-refractivity contribution in [2.45, 2.75) is 38.3 Å². The molecule has 0 saturated heterocycles. The van der Waals surface area contributed by atoms with Crippen molar-refractivity contribution >= 4 is 6.03 Å². The molecule has 1 saturated carbocycles. The fourth-order valence-electron chi connectivity index (χ4n) is 2.69. The van der Waals surface area contributed by atoms with Crippen molar-refractivity contribution < 1.29 is 14.3 Å². The molecule has 1 aliphatic carbocycles. The SMILES string of the molecule is O=C(NCc1ccc2c(c1)OCCO2)NC1CCCC1. The summed E-state index contributed by atoms with van der Waals surface area (Å²) in [6, 6.07) is 6.01. The van der Waals surface area contributed by atoms with Crippen molar-refractivity contribution in [1.29, 1.82) is 0 Å². The lowest BCUT2D eigenvalue weighted by molar-refractivity contribution is 0.171. The molecule has 5 nitrogen and oxygen atoms in total.